The third-order valence-corrected chi connectivity index (χ3v) is 2.66. The molecule has 0 saturated heterocycles. The molecule has 2 rings (SSSR count). The van der Waals surface area contributed by atoms with E-state index in [1.54, 1.807) is 19.1 Å². The van der Waals surface area contributed by atoms with Crippen molar-refractivity contribution in [1.29, 1.82) is 0 Å². The summed E-state index contributed by atoms with van der Waals surface area (Å²) in [5, 5.41) is 9.00. The SMILES string of the molecule is Cc1ccc(-c2cc(F)cc(F)c2)cc1C(=O)O. The van der Waals surface area contributed by atoms with Crippen LogP contribution in [0.1, 0.15) is 15.9 Å². The van der Waals surface area contributed by atoms with Crippen LogP contribution in [0.4, 0.5) is 8.78 Å². The van der Waals surface area contributed by atoms with Gasteiger partial charge in [-0.2, -0.15) is 0 Å². The van der Waals surface area contributed by atoms with E-state index in [9.17, 15) is 13.6 Å². The molecule has 0 heterocycles. The van der Waals surface area contributed by atoms with Crippen molar-refractivity contribution in [3.63, 3.8) is 0 Å². The molecule has 0 fully saturated rings. The predicted molar refractivity (Wildman–Crippen MR) is 63.5 cm³/mol. The van der Waals surface area contributed by atoms with Gasteiger partial charge in [0.25, 0.3) is 0 Å². The number of rotatable bonds is 2. The second kappa shape index (κ2) is 4.56. The molecule has 0 amide bonds. The molecule has 1 N–H and O–H groups in total. The van der Waals surface area contributed by atoms with Gasteiger partial charge in [0, 0.05) is 6.07 Å². The molecule has 0 saturated carbocycles. The van der Waals surface area contributed by atoms with Crippen LogP contribution in [0.5, 0.6) is 0 Å². The van der Waals surface area contributed by atoms with Gasteiger partial charge < -0.3 is 5.11 Å². The van der Waals surface area contributed by atoms with Gasteiger partial charge in [-0.05, 0) is 41.8 Å². The maximum absolute atomic E-state index is 13.1. The van der Waals surface area contributed by atoms with Crippen LogP contribution in [0.3, 0.4) is 0 Å². The molecule has 0 atom stereocenters. The van der Waals surface area contributed by atoms with Crippen molar-refractivity contribution >= 4 is 5.97 Å². The van der Waals surface area contributed by atoms with Gasteiger partial charge >= 0.3 is 5.97 Å². The lowest BCUT2D eigenvalue weighted by molar-refractivity contribution is 0.0696. The van der Waals surface area contributed by atoms with Gasteiger partial charge in [0.1, 0.15) is 11.6 Å². The van der Waals surface area contributed by atoms with E-state index in [2.05, 4.69) is 0 Å². The minimum atomic E-state index is -1.06. The summed E-state index contributed by atoms with van der Waals surface area (Å²) in [6.07, 6.45) is 0. The van der Waals surface area contributed by atoms with Crippen molar-refractivity contribution in [2.45, 2.75) is 6.92 Å². The highest BCUT2D eigenvalue weighted by atomic mass is 19.1. The average Bonchev–Trinajstić information content (AvgIpc) is 2.27. The third kappa shape index (κ3) is 2.37. The van der Waals surface area contributed by atoms with Crippen molar-refractivity contribution in [2.24, 2.45) is 0 Å². The maximum atomic E-state index is 13.1. The topological polar surface area (TPSA) is 37.3 Å². The number of aryl methyl sites for hydroxylation is 1. The van der Waals surface area contributed by atoms with Crippen molar-refractivity contribution in [2.75, 3.05) is 0 Å². The van der Waals surface area contributed by atoms with E-state index in [0.29, 0.717) is 16.7 Å². The van der Waals surface area contributed by atoms with Gasteiger partial charge in [0.2, 0.25) is 0 Å². The average molecular weight is 248 g/mol. The first kappa shape index (κ1) is 12.2. The van der Waals surface area contributed by atoms with Crippen LogP contribution in [-0.4, -0.2) is 11.1 Å². The quantitative estimate of drug-likeness (QED) is 0.880. The van der Waals surface area contributed by atoms with Crippen LogP contribution >= 0.6 is 0 Å². The number of halogens is 2. The highest BCUT2D eigenvalue weighted by molar-refractivity contribution is 5.91. The summed E-state index contributed by atoms with van der Waals surface area (Å²) in [5.74, 6) is -2.45. The third-order valence-electron chi connectivity index (χ3n) is 2.66. The van der Waals surface area contributed by atoms with E-state index in [1.807, 2.05) is 0 Å². The van der Waals surface area contributed by atoms with E-state index >= 15 is 0 Å². The number of carboxylic acids is 1. The van der Waals surface area contributed by atoms with Gasteiger partial charge in [0.05, 0.1) is 5.56 Å². The van der Waals surface area contributed by atoms with Crippen LogP contribution < -0.4 is 0 Å². The molecule has 92 valence electrons. The lowest BCUT2D eigenvalue weighted by Gasteiger charge is -2.06. The first-order chi connectivity index (χ1) is 8.47. The Hall–Kier alpha value is -2.23. The number of carbonyl (C=O) groups is 1. The normalized spacial score (nSPS) is 10.4. The molecular weight excluding hydrogens is 238 g/mol. The molecule has 2 aromatic rings. The van der Waals surface area contributed by atoms with E-state index in [1.165, 1.54) is 18.2 Å². The fraction of sp³-hybridized carbons (Fsp3) is 0.0714. The van der Waals surface area contributed by atoms with Crippen LogP contribution in [0.2, 0.25) is 0 Å². The van der Waals surface area contributed by atoms with Crippen LogP contribution in [0.15, 0.2) is 36.4 Å². The van der Waals surface area contributed by atoms with Crippen LogP contribution in [-0.2, 0) is 0 Å². The first-order valence-corrected chi connectivity index (χ1v) is 5.28. The first-order valence-electron chi connectivity index (χ1n) is 5.28. The Kier molecular flexibility index (Phi) is 3.10. The molecule has 0 radical (unpaired) electrons. The molecule has 0 aliphatic rings. The Morgan fingerprint density at radius 1 is 1.00 bits per heavy atom. The Bertz CT molecular complexity index is 601. The van der Waals surface area contributed by atoms with E-state index < -0.39 is 17.6 Å². The second-order valence-electron chi connectivity index (χ2n) is 3.99. The van der Waals surface area contributed by atoms with Crippen molar-refractivity contribution in [3.8, 4) is 11.1 Å². The van der Waals surface area contributed by atoms with E-state index in [4.69, 9.17) is 5.11 Å². The summed E-state index contributed by atoms with van der Waals surface area (Å²) in [6, 6.07) is 7.76. The van der Waals surface area contributed by atoms with Crippen molar-refractivity contribution in [3.05, 3.63) is 59.2 Å². The molecule has 0 aliphatic heterocycles. The summed E-state index contributed by atoms with van der Waals surface area (Å²) in [6.45, 7) is 1.67. The molecule has 4 heteroatoms. The zero-order chi connectivity index (χ0) is 13.3. The van der Waals surface area contributed by atoms with E-state index in [0.717, 1.165) is 6.07 Å². The van der Waals surface area contributed by atoms with Gasteiger partial charge in [-0.1, -0.05) is 12.1 Å². The smallest absolute Gasteiger partial charge is 0.335 e. The lowest BCUT2D eigenvalue weighted by Crippen LogP contribution is -1.99. The highest BCUT2D eigenvalue weighted by Gasteiger charge is 2.10. The number of hydrogen-bond donors (Lipinski definition) is 1. The molecule has 0 aliphatic carbocycles. The lowest BCUT2D eigenvalue weighted by atomic mass is 9.99. The summed E-state index contributed by atoms with van der Waals surface area (Å²) in [7, 11) is 0. The van der Waals surface area contributed by atoms with Crippen molar-refractivity contribution in [1.82, 2.24) is 0 Å². The minimum absolute atomic E-state index is 0.122. The van der Waals surface area contributed by atoms with Crippen LogP contribution in [0.25, 0.3) is 11.1 Å². The molecule has 2 aromatic carbocycles. The number of carboxylic acid groups (broad SMARTS) is 1. The zero-order valence-electron chi connectivity index (χ0n) is 9.58. The van der Waals surface area contributed by atoms with Crippen LogP contribution in [0, 0.1) is 18.6 Å². The molecule has 0 unspecified atom stereocenters. The number of aromatic carboxylic acids is 1. The summed E-state index contributed by atoms with van der Waals surface area (Å²) >= 11 is 0. The highest BCUT2D eigenvalue weighted by Crippen LogP contribution is 2.24. The number of benzene rings is 2. The summed E-state index contributed by atoms with van der Waals surface area (Å²) in [4.78, 5) is 11.0. The maximum Gasteiger partial charge on any atom is 0.335 e. The van der Waals surface area contributed by atoms with E-state index in [-0.39, 0.29) is 5.56 Å². The fourth-order valence-corrected chi connectivity index (χ4v) is 1.75. The summed E-state index contributed by atoms with van der Waals surface area (Å²) in [5.41, 5.74) is 1.51. The molecule has 0 aromatic heterocycles. The zero-order valence-corrected chi connectivity index (χ0v) is 9.58. The molecule has 2 nitrogen and oxygen atoms in total. The second-order valence-corrected chi connectivity index (χ2v) is 3.99. The standard InChI is InChI=1S/C14H10F2O2/c1-8-2-3-9(6-13(8)14(17)18)10-4-11(15)7-12(16)5-10/h2-7H,1H3,(H,17,18). The largest absolute Gasteiger partial charge is 0.478 e. The molecule has 18 heavy (non-hydrogen) atoms. The number of hydrogen-bond acceptors (Lipinski definition) is 1. The predicted octanol–water partition coefficient (Wildman–Crippen LogP) is 3.64. The molecule has 0 spiro atoms. The van der Waals surface area contributed by atoms with Gasteiger partial charge in [0.15, 0.2) is 0 Å². The van der Waals surface area contributed by atoms with Gasteiger partial charge in [-0.15, -0.1) is 0 Å². The summed E-state index contributed by atoms with van der Waals surface area (Å²) < 4.78 is 26.2. The Morgan fingerprint density at radius 3 is 2.17 bits per heavy atom. The Morgan fingerprint density at radius 2 is 1.61 bits per heavy atom. The molecule has 0 bridgehead atoms. The minimum Gasteiger partial charge on any atom is -0.478 e. The monoisotopic (exact) mass is 248 g/mol. The van der Waals surface area contributed by atoms with Gasteiger partial charge in [-0.3, -0.25) is 0 Å². The Labute approximate surface area is 103 Å². The molecular formula is C14H10F2O2. The Balaban J connectivity index is 2.57. The van der Waals surface area contributed by atoms with Gasteiger partial charge in [-0.25, -0.2) is 13.6 Å². The fourth-order valence-electron chi connectivity index (χ4n) is 1.75. The van der Waals surface area contributed by atoms with Crippen molar-refractivity contribution < 1.29 is 18.7 Å².